The molecule has 0 rings (SSSR count). The highest BCUT2D eigenvalue weighted by Gasteiger charge is 2.43. The molecule has 0 aliphatic carbocycles. The number of ketones is 1. The third-order valence-electron chi connectivity index (χ3n) is 2.77. The molecule has 0 bridgehead atoms. The average Bonchev–Trinajstić information content (AvgIpc) is 2.15. The summed E-state index contributed by atoms with van der Waals surface area (Å²) in [5.41, 5.74) is -2.26. The molecule has 4 nitrogen and oxygen atoms in total. The van der Waals surface area contributed by atoms with Crippen LogP contribution >= 0.6 is 7.37 Å². The van der Waals surface area contributed by atoms with Gasteiger partial charge in [0.2, 0.25) is 7.37 Å². The van der Waals surface area contributed by atoms with Gasteiger partial charge >= 0.3 is 0 Å². The maximum absolute atomic E-state index is 11.8. The number of carbonyl (C=O) groups excluding carboxylic acids is 1. The van der Waals surface area contributed by atoms with Crippen molar-refractivity contribution in [3.63, 3.8) is 0 Å². The summed E-state index contributed by atoms with van der Waals surface area (Å²) in [6.45, 7) is 6.04. The van der Waals surface area contributed by atoms with Crippen molar-refractivity contribution in [1.29, 1.82) is 0 Å². The molecule has 3 unspecified atom stereocenters. The second kappa shape index (κ2) is 4.56. The topological polar surface area (TPSA) is 63.6 Å². The van der Waals surface area contributed by atoms with E-state index in [9.17, 15) is 14.5 Å². The van der Waals surface area contributed by atoms with Gasteiger partial charge in [-0.3, -0.25) is 9.36 Å². The van der Waals surface area contributed by atoms with Gasteiger partial charge in [0.1, 0.15) is 5.60 Å². The fourth-order valence-corrected chi connectivity index (χ4v) is 2.58. The monoisotopic (exact) mass is 222 g/mol. The van der Waals surface area contributed by atoms with Crippen molar-refractivity contribution >= 4 is 13.2 Å². The Labute approximate surface area is 85.1 Å². The van der Waals surface area contributed by atoms with E-state index in [1.54, 1.807) is 13.8 Å². The van der Waals surface area contributed by atoms with Gasteiger partial charge in [-0.05, 0) is 6.92 Å². The lowest BCUT2D eigenvalue weighted by atomic mass is 9.96. The van der Waals surface area contributed by atoms with Crippen LogP contribution in [-0.4, -0.2) is 35.9 Å². The lowest BCUT2D eigenvalue weighted by Crippen LogP contribution is -2.44. The first-order valence-corrected chi connectivity index (χ1v) is 6.72. The number of carbonyl (C=O) groups is 1. The highest BCUT2D eigenvalue weighted by Crippen LogP contribution is 2.51. The van der Waals surface area contributed by atoms with Gasteiger partial charge in [-0.15, -0.1) is 0 Å². The van der Waals surface area contributed by atoms with E-state index in [1.807, 2.05) is 0 Å². The Bertz CT molecular complexity index is 260. The second-order valence-electron chi connectivity index (χ2n) is 3.69. The van der Waals surface area contributed by atoms with Crippen molar-refractivity contribution in [2.75, 3.05) is 13.8 Å². The number of hydrogen-bond donors (Lipinski definition) is 1. The van der Waals surface area contributed by atoms with Gasteiger partial charge in [-0.1, -0.05) is 13.8 Å². The highest BCUT2D eigenvalue weighted by atomic mass is 31.2. The van der Waals surface area contributed by atoms with E-state index in [2.05, 4.69) is 0 Å². The molecule has 5 heteroatoms. The highest BCUT2D eigenvalue weighted by molar-refractivity contribution is 7.59. The van der Waals surface area contributed by atoms with Gasteiger partial charge in [0.15, 0.2) is 5.78 Å². The normalized spacial score (nSPS) is 22.1. The Hall–Kier alpha value is -0.180. The first-order chi connectivity index (χ1) is 6.20. The SMILES string of the molecule is CCC(=O)C(C)(O)C(C)P(C)(=O)OC. The van der Waals surface area contributed by atoms with Crippen molar-refractivity contribution < 1.29 is 19.0 Å². The van der Waals surface area contributed by atoms with Crippen LogP contribution in [0.25, 0.3) is 0 Å². The minimum atomic E-state index is -2.92. The molecular formula is C9H19O4P. The molecule has 0 amide bonds. The molecule has 0 aromatic rings. The van der Waals surface area contributed by atoms with E-state index in [-0.39, 0.29) is 12.2 Å². The summed E-state index contributed by atoms with van der Waals surface area (Å²) in [5.74, 6) is -0.316. The average molecular weight is 222 g/mol. The Kier molecular flexibility index (Phi) is 4.50. The molecule has 0 heterocycles. The third-order valence-corrected chi connectivity index (χ3v) is 5.40. The fourth-order valence-electron chi connectivity index (χ4n) is 1.21. The predicted octanol–water partition coefficient (Wildman–Crippen LogP) is 1.66. The number of rotatable bonds is 5. The Morgan fingerprint density at radius 2 is 2.07 bits per heavy atom. The van der Waals surface area contributed by atoms with E-state index in [0.29, 0.717) is 0 Å². The zero-order valence-corrected chi connectivity index (χ0v) is 10.3. The molecule has 1 N–H and O–H groups in total. The van der Waals surface area contributed by atoms with Gasteiger partial charge in [-0.25, -0.2) is 0 Å². The number of Topliss-reactive ketones (excluding diaryl/α,β-unsaturated/α-hetero) is 1. The lowest BCUT2D eigenvalue weighted by molar-refractivity contribution is -0.135. The van der Waals surface area contributed by atoms with Crippen LogP contribution in [0.4, 0.5) is 0 Å². The zero-order chi connectivity index (χ0) is 11.6. The lowest BCUT2D eigenvalue weighted by Gasteiger charge is -2.31. The summed E-state index contributed by atoms with van der Waals surface area (Å²) < 4.78 is 16.6. The van der Waals surface area contributed by atoms with Crippen molar-refractivity contribution in [2.45, 2.75) is 38.5 Å². The molecule has 0 fully saturated rings. The maximum Gasteiger partial charge on any atom is 0.205 e. The molecule has 0 spiro atoms. The molecule has 3 atom stereocenters. The molecule has 0 aliphatic rings. The molecular weight excluding hydrogens is 203 g/mol. The predicted molar refractivity (Wildman–Crippen MR) is 55.9 cm³/mol. The van der Waals surface area contributed by atoms with E-state index in [4.69, 9.17) is 4.52 Å². The van der Waals surface area contributed by atoms with Gasteiger partial charge in [0.25, 0.3) is 0 Å². The smallest absolute Gasteiger partial charge is 0.205 e. The Morgan fingerprint density at radius 3 is 2.36 bits per heavy atom. The van der Waals surface area contributed by atoms with Gasteiger partial charge in [-0.2, -0.15) is 0 Å². The summed E-state index contributed by atoms with van der Waals surface area (Å²) >= 11 is 0. The first kappa shape index (κ1) is 13.8. The standard InChI is InChI=1S/C9H19O4P/c1-6-8(10)9(3,11)7(2)14(5,12)13-4/h7,11H,6H2,1-5H3. The van der Waals surface area contributed by atoms with Crippen LogP contribution in [0.2, 0.25) is 0 Å². The van der Waals surface area contributed by atoms with Crippen LogP contribution in [0, 0.1) is 0 Å². The molecule has 0 saturated heterocycles. The van der Waals surface area contributed by atoms with Crippen LogP contribution in [0.3, 0.4) is 0 Å². The van der Waals surface area contributed by atoms with E-state index < -0.39 is 18.6 Å². The minimum absolute atomic E-state index is 0.223. The molecule has 14 heavy (non-hydrogen) atoms. The fraction of sp³-hybridized carbons (Fsp3) is 0.889. The number of aliphatic hydroxyl groups is 1. The first-order valence-electron chi connectivity index (χ1n) is 4.58. The molecule has 0 radical (unpaired) electrons. The van der Waals surface area contributed by atoms with Crippen LogP contribution < -0.4 is 0 Å². The molecule has 0 aliphatic heterocycles. The molecule has 84 valence electrons. The van der Waals surface area contributed by atoms with Crippen molar-refractivity contribution in [3.8, 4) is 0 Å². The van der Waals surface area contributed by atoms with Crippen molar-refractivity contribution in [1.82, 2.24) is 0 Å². The van der Waals surface area contributed by atoms with Gasteiger partial charge in [0.05, 0.1) is 5.66 Å². The molecule has 0 saturated carbocycles. The van der Waals surface area contributed by atoms with Gasteiger partial charge in [0, 0.05) is 20.2 Å². The summed E-state index contributed by atoms with van der Waals surface area (Å²) in [7, 11) is -1.60. The Morgan fingerprint density at radius 1 is 1.64 bits per heavy atom. The number of hydrogen-bond acceptors (Lipinski definition) is 4. The van der Waals surface area contributed by atoms with Crippen LogP contribution in [0.15, 0.2) is 0 Å². The minimum Gasteiger partial charge on any atom is -0.382 e. The van der Waals surface area contributed by atoms with E-state index >= 15 is 0 Å². The zero-order valence-electron chi connectivity index (χ0n) is 9.40. The summed E-state index contributed by atoms with van der Waals surface area (Å²) in [6, 6.07) is 0. The molecule has 0 aromatic heterocycles. The summed E-state index contributed by atoms with van der Waals surface area (Å²) in [6.07, 6.45) is 0.223. The van der Waals surface area contributed by atoms with E-state index in [0.717, 1.165) is 0 Å². The second-order valence-corrected chi connectivity index (χ2v) is 6.65. The molecule has 0 aromatic carbocycles. The summed E-state index contributed by atoms with van der Waals surface area (Å²) in [4.78, 5) is 11.4. The third kappa shape index (κ3) is 2.66. The van der Waals surface area contributed by atoms with E-state index in [1.165, 1.54) is 20.7 Å². The van der Waals surface area contributed by atoms with Crippen LogP contribution in [-0.2, 0) is 13.9 Å². The van der Waals surface area contributed by atoms with Gasteiger partial charge < -0.3 is 9.63 Å². The van der Waals surface area contributed by atoms with Crippen LogP contribution in [0.1, 0.15) is 27.2 Å². The Balaban J connectivity index is 4.93. The summed E-state index contributed by atoms with van der Waals surface area (Å²) in [5, 5.41) is 9.92. The largest absolute Gasteiger partial charge is 0.382 e. The van der Waals surface area contributed by atoms with Crippen molar-refractivity contribution in [3.05, 3.63) is 0 Å². The van der Waals surface area contributed by atoms with Crippen molar-refractivity contribution in [2.24, 2.45) is 0 Å². The quantitative estimate of drug-likeness (QED) is 0.718. The van der Waals surface area contributed by atoms with Crippen LogP contribution in [0.5, 0.6) is 0 Å². The maximum atomic E-state index is 11.8.